The molecule has 0 atom stereocenters. The fraction of sp³-hybridized carbons (Fsp3) is 0.300. The first-order valence-electron chi connectivity index (χ1n) is 8.80. The molecule has 1 fully saturated rings. The molecular weight excluding hydrogens is 371 g/mol. The van der Waals surface area contributed by atoms with Gasteiger partial charge in [0.25, 0.3) is 0 Å². The summed E-state index contributed by atoms with van der Waals surface area (Å²) in [6, 6.07) is 10.9. The maximum Gasteiger partial charge on any atom is 0.418 e. The van der Waals surface area contributed by atoms with Gasteiger partial charge in [0.2, 0.25) is 0 Å². The molecule has 144 valence electrons. The maximum absolute atomic E-state index is 13.5. The molecule has 0 radical (unpaired) electrons. The van der Waals surface area contributed by atoms with E-state index in [9.17, 15) is 18.0 Å². The number of amides is 1. The van der Waals surface area contributed by atoms with E-state index in [-0.39, 0.29) is 11.3 Å². The monoisotopic (exact) mass is 387 g/mol. The van der Waals surface area contributed by atoms with Gasteiger partial charge >= 0.3 is 12.3 Å². The summed E-state index contributed by atoms with van der Waals surface area (Å²) >= 11 is 0. The van der Waals surface area contributed by atoms with Gasteiger partial charge in [0, 0.05) is 18.8 Å². The molecule has 4 rings (SSSR count). The Bertz CT molecular complexity index is 982. The van der Waals surface area contributed by atoms with Crippen molar-refractivity contribution in [1.29, 1.82) is 5.26 Å². The van der Waals surface area contributed by atoms with Crippen molar-refractivity contribution >= 4 is 17.5 Å². The zero-order chi connectivity index (χ0) is 19.9. The van der Waals surface area contributed by atoms with Crippen LogP contribution in [0, 0.1) is 11.3 Å². The maximum atomic E-state index is 13.5. The van der Waals surface area contributed by atoms with E-state index in [1.54, 1.807) is 21.9 Å². The van der Waals surface area contributed by atoms with Crippen LogP contribution in [0.5, 0.6) is 0 Å². The van der Waals surface area contributed by atoms with E-state index in [0.717, 1.165) is 22.9 Å². The number of cyclic esters (lactones) is 1. The molecule has 2 aromatic carbocycles. The number of benzene rings is 2. The van der Waals surface area contributed by atoms with Gasteiger partial charge in [-0.1, -0.05) is 12.1 Å². The fourth-order valence-corrected chi connectivity index (χ4v) is 3.77. The molecule has 0 unspecified atom stereocenters. The molecule has 0 N–H and O–H groups in total. The van der Waals surface area contributed by atoms with Crippen LogP contribution < -0.4 is 9.80 Å². The number of ether oxygens (including phenoxy) is 1. The molecule has 1 amide bonds. The van der Waals surface area contributed by atoms with Crippen LogP contribution in [0.2, 0.25) is 0 Å². The van der Waals surface area contributed by atoms with Gasteiger partial charge in [-0.15, -0.1) is 0 Å². The van der Waals surface area contributed by atoms with Crippen LogP contribution >= 0.6 is 0 Å². The minimum atomic E-state index is -4.55. The number of anilines is 2. The molecule has 2 aliphatic rings. The molecular formula is C20H16F3N3O2. The van der Waals surface area contributed by atoms with Crippen LogP contribution in [0.3, 0.4) is 0 Å². The van der Waals surface area contributed by atoms with E-state index in [1.165, 1.54) is 12.1 Å². The van der Waals surface area contributed by atoms with Crippen LogP contribution in [0.25, 0.3) is 0 Å². The summed E-state index contributed by atoms with van der Waals surface area (Å²) in [4.78, 5) is 15.1. The molecule has 1 saturated heterocycles. The average molecular weight is 387 g/mol. The topological polar surface area (TPSA) is 56.6 Å². The normalized spacial score (nSPS) is 16.6. The minimum absolute atomic E-state index is 0.0247. The van der Waals surface area contributed by atoms with Crippen LogP contribution in [0.15, 0.2) is 36.4 Å². The second-order valence-electron chi connectivity index (χ2n) is 6.69. The van der Waals surface area contributed by atoms with Crippen molar-refractivity contribution in [2.75, 3.05) is 29.5 Å². The first-order valence-corrected chi connectivity index (χ1v) is 8.80. The Hall–Kier alpha value is -3.21. The van der Waals surface area contributed by atoms with E-state index in [4.69, 9.17) is 10.00 Å². The lowest BCUT2D eigenvalue weighted by atomic mass is 9.96. The quantitative estimate of drug-likeness (QED) is 0.779. The Balaban J connectivity index is 1.69. The summed E-state index contributed by atoms with van der Waals surface area (Å²) in [5.74, 6) is 0. The van der Waals surface area contributed by atoms with Crippen molar-refractivity contribution in [3.05, 3.63) is 58.7 Å². The third kappa shape index (κ3) is 3.13. The highest BCUT2D eigenvalue weighted by atomic mass is 19.4. The van der Waals surface area contributed by atoms with Crippen LogP contribution in [-0.2, 0) is 23.9 Å². The fourth-order valence-electron chi connectivity index (χ4n) is 3.77. The summed E-state index contributed by atoms with van der Waals surface area (Å²) in [6.45, 7) is 1.46. The molecule has 2 aromatic rings. The summed E-state index contributed by atoms with van der Waals surface area (Å²) in [6.07, 6.45) is -4.45. The molecule has 0 aliphatic carbocycles. The largest absolute Gasteiger partial charge is 0.447 e. The van der Waals surface area contributed by atoms with E-state index >= 15 is 0 Å². The Kier molecular flexibility index (Phi) is 4.38. The summed E-state index contributed by atoms with van der Waals surface area (Å²) in [7, 11) is 0. The number of nitrogens with zero attached hydrogens (tertiary/aromatic N) is 3. The van der Waals surface area contributed by atoms with Gasteiger partial charge in [-0.25, -0.2) is 4.79 Å². The molecule has 0 aromatic heterocycles. The summed E-state index contributed by atoms with van der Waals surface area (Å²) in [5.41, 5.74) is 1.82. The van der Waals surface area contributed by atoms with Gasteiger partial charge in [0.1, 0.15) is 6.61 Å². The molecule has 0 spiro atoms. The number of hydrogen-bond donors (Lipinski definition) is 0. The molecule has 8 heteroatoms. The Labute approximate surface area is 159 Å². The number of hydrogen-bond acceptors (Lipinski definition) is 4. The number of carbonyl (C=O) groups is 1. The summed E-state index contributed by atoms with van der Waals surface area (Å²) in [5, 5.41) is 8.94. The standard InChI is InChI=1S/C20H16F3N3O2/c21-20(22,23)16-10-13(11-24)4-5-18(16)25-7-6-15-14(12-25)2-1-3-17(15)26-8-9-28-19(26)27/h1-5,10H,6-9,12H2. The minimum Gasteiger partial charge on any atom is -0.447 e. The Morgan fingerprint density at radius 1 is 1.11 bits per heavy atom. The van der Waals surface area contributed by atoms with Gasteiger partial charge in [0.05, 0.1) is 29.4 Å². The van der Waals surface area contributed by atoms with Gasteiger partial charge in [0.15, 0.2) is 0 Å². The van der Waals surface area contributed by atoms with Gasteiger partial charge in [-0.3, -0.25) is 4.90 Å². The molecule has 2 heterocycles. The van der Waals surface area contributed by atoms with Crippen molar-refractivity contribution in [1.82, 2.24) is 0 Å². The molecule has 2 aliphatic heterocycles. The third-order valence-electron chi connectivity index (χ3n) is 5.06. The van der Waals surface area contributed by atoms with E-state index in [0.29, 0.717) is 32.7 Å². The smallest absolute Gasteiger partial charge is 0.418 e. The van der Waals surface area contributed by atoms with Gasteiger partial charge in [-0.2, -0.15) is 18.4 Å². The second-order valence-corrected chi connectivity index (χ2v) is 6.69. The predicted octanol–water partition coefficient (Wildman–Crippen LogP) is 4.10. The van der Waals surface area contributed by atoms with Crippen molar-refractivity contribution in [2.45, 2.75) is 19.1 Å². The van der Waals surface area contributed by atoms with Gasteiger partial charge < -0.3 is 9.64 Å². The molecule has 0 bridgehead atoms. The number of fused-ring (bicyclic) bond motifs is 1. The number of halogens is 3. The molecule has 28 heavy (non-hydrogen) atoms. The first kappa shape index (κ1) is 18.2. The van der Waals surface area contributed by atoms with Crippen LogP contribution in [-0.4, -0.2) is 25.8 Å². The lowest BCUT2D eigenvalue weighted by Gasteiger charge is -2.34. The van der Waals surface area contributed by atoms with Crippen molar-refractivity contribution in [2.24, 2.45) is 0 Å². The number of nitriles is 1. The van der Waals surface area contributed by atoms with Crippen molar-refractivity contribution in [3.63, 3.8) is 0 Å². The number of carbonyl (C=O) groups excluding carboxylic acids is 1. The Morgan fingerprint density at radius 3 is 2.61 bits per heavy atom. The highest BCUT2D eigenvalue weighted by Crippen LogP contribution is 2.40. The lowest BCUT2D eigenvalue weighted by molar-refractivity contribution is -0.137. The number of rotatable bonds is 2. The number of alkyl halides is 3. The molecule has 5 nitrogen and oxygen atoms in total. The van der Waals surface area contributed by atoms with Crippen molar-refractivity contribution in [3.8, 4) is 6.07 Å². The highest BCUT2D eigenvalue weighted by molar-refractivity contribution is 5.90. The van der Waals surface area contributed by atoms with Crippen LogP contribution in [0.4, 0.5) is 29.3 Å². The van der Waals surface area contributed by atoms with Crippen LogP contribution in [0.1, 0.15) is 22.3 Å². The first-order chi connectivity index (χ1) is 13.4. The highest BCUT2D eigenvalue weighted by Gasteiger charge is 2.36. The van der Waals surface area contributed by atoms with E-state index < -0.39 is 17.8 Å². The summed E-state index contributed by atoms with van der Waals surface area (Å²) < 4.78 is 45.6. The zero-order valence-corrected chi connectivity index (χ0v) is 14.8. The molecule has 0 saturated carbocycles. The predicted molar refractivity (Wildman–Crippen MR) is 96.0 cm³/mol. The lowest BCUT2D eigenvalue weighted by Crippen LogP contribution is -2.34. The second kappa shape index (κ2) is 6.75. The van der Waals surface area contributed by atoms with E-state index in [2.05, 4.69) is 0 Å². The van der Waals surface area contributed by atoms with Gasteiger partial charge in [-0.05, 0) is 41.8 Å². The van der Waals surface area contributed by atoms with Crippen molar-refractivity contribution < 1.29 is 22.7 Å². The zero-order valence-electron chi connectivity index (χ0n) is 14.8. The average Bonchev–Trinajstić information content (AvgIpc) is 3.11. The SMILES string of the molecule is N#Cc1ccc(N2CCc3c(cccc3N3CCOC3=O)C2)c(C(F)(F)F)c1. The third-order valence-corrected chi connectivity index (χ3v) is 5.06. The van der Waals surface area contributed by atoms with E-state index in [1.807, 2.05) is 12.1 Å². The Morgan fingerprint density at radius 2 is 1.93 bits per heavy atom.